The summed E-state index contributed by atoms with van der Waals surface area (Å²) in [5.41, 5.74) is 6.86. The number of halogens is 1. The minimum atomic E-state index is -0.504. The molecule has 2 aromatic rings. The van der Waals surface area contributed by atoms with E-state index < -0.39 is 5.82 Å². The van der Waals surface area contributed by atoms with Crippen LogP contribution in [0.15, 0.2) is 29.1 Å². The fraction of sp³-hybridized carbons (Fsp3) is 0.375. The number of amides is 1. The fourth-order valence-electron chi connectivity index (χ4n) is 2.97. The van der Waals surface area contributed by atoms with Crippen LogP contribution < -0.4 is 16.6 Å². The van der Waals surface area contributed by atoms with Crippen LogP contribution in [-0.2, 0) is 4.79 Å². The predicted molar refractivity (Wildman–Crippen MR) is 89.3 cm³/mol. The van der Waals surface area contributed by atoms with Crippen LogP contribution in [0.25, 0.3) is 0 Å². The fourth-order valence-corrected chi connectivity index (χ4v) is 2.97. The first-order valence-corrected chi connectivity index (χ1v) is 7.86. The van der Waals surface area contributed by atoms with Gasteiger partial charge in [-0.15, -0.1) is 0 Å². The van der Waals surface area contributed by atoms with Crippen molar-refractivity contribution in [2.24, 2.45) is 0 Å². The summed E-state index contributed by atoms with van der Waals surface area (Å²) in [5.74, 6) is -0.494. The maximum atomic E-state index is 13.6. The van der Waals surface area contributed by atoms with Gasteiger partial charge in [-0.2, -0.15) is 0 Å². The van der Waals surface area contributed by atoms with E-state index in [4.69, 9.17) is 5.73 Å². The van der Waals surface area contributed by atoms with Crippen molar-refractivity contribution in [1.29, 1.82) is 0 Å². The molecule has 1 aromatic heterocycles. The van der Waals surface area contributed by atoms with Gasteiger partial charge in [-0.25, -0.2) is 4.39 Å². The summed E-state index contributed by atoms with van der Waals surface area (Å²) < 4.78 is 13.6. The van der Waals surface area contributed by atoms with Crippen LogP contribution in [0.3, 0.4) is 0 Å². The smallest absolute Gasteiger partial charge is 0.264 e. The van der Waals surface area contributed by atoms with Gasteiger partial charge < -0.3 is 21.0 Å². The number of hydrogen-bond acceptors (Lipinski definition) is 4. The quantitative estimate of drug-likeness (QED) is 0.618. The second kappa shape index (κ2) is 6.88. The van der Waals surface area contributed by atoms with Gasteiger partial charge in [0.05, 0.1) is 5.69 Å². The maximum absolute atomic E-state index is 13.6. The van der Waals surface area contributed by atoms with E-state index in [-0.39, 0.29) is 29.5 Å². The average Bonchev–Trinajstić information content (AvgIpc) is 3.17. The van der Waals surface area contributed by atoms with Gasteiger partial charge in [0.15, 0.2) is 0 Å². The lowest BCUT2D eigenvalue weighted by atomic mass is 10.1. The van der Waals surface area contributed by atoms with Crippen molar-refractivity contribution in [2.75, 3.05) is 30.7 Å². The number of H-pyrrole nitrogens is 2. The SMILES string of the molecule is Nc1ccc(F)c(NC(=O)CCN2CCC(c3cc(=O)[nH][nH]3)C2)c1. The van der Waals surface area contributed by atoms with Crippen LogP contribution in [0.4, 0.5) is 15.8 Å². The van der Waals surface area contributed by atoms with E-state index in [2.05, 4.69) is 20.4 Å². The molecule has 1 aliphatic rings. The van der Waals surface area contributed by atoms with Crippen LogP contribution in [-0.4, -0.2) is 40.6 Å². The van der Waals surface area contributed by atoms with Gasteiger partial charge in [0, 0.05) is 42.9 Å². The Morgan fingerprint density at radius 1 is 1.38 bits per heavy atom. The third kappa shape index (κ3) is 3.83. The van der Waals surface area contributed by atoms with E-state index in [0.717, 1.165) is 25.2 Å². The minimum absolute atomic E-state index is 0.101. The van der Waals surface area contributed by atoms with E-state index in [1.54, 1.807) is 6.07 Å². The van der Waals surface area contributed by atoms with Gasteiger partial charge >= 0.3 is 0 Å². The molecule has 0 bridgehead atoms. The summed E-state index contributed by atoms with van der Waals surface area (Å²) in [6.07, 6.45) is 1.20. The first-order valence-electron chi connectivity index (χ1n) is 7.86. The first kappa shape index (κ1) is 16.3. The molecule has 1 atom stereocenters. The van der Waals surface area contributed by atoms with Crippen LogP contribution in [0, 0.1) is 5.82 Å². The highest BCUT2D eigenvalue weighted by atomic mass is 19.1. The highest BCUT2D eigenvalue weighted by molar-refractivity contribution is 5.91. The molecule has 128 valence electrons. The molecular formula is C16H20FN5O2. The zero-order valence-corrected chi connectivity index (χ0v) is 13.1. The van der Waals surface area contributed by atoms with Crippen molar-refractivity contribution in [3.8, 4) is 0 Å². The van der Waals surface area contributed by atoms with Crippen LogP contribution in [0.1, 0.15) is 24.5 Å². The number of nitrogen functional groups attached to an aromatic ring is 1. The second-order valence-electron chi connectivity index (χ2n) is 6.04. The van der Waals surface area contributed by atoms with Crippen molar-refractivity contribution in [3.05, 3.63) is 46.1 Å². The van der Waals surface area contributed by atoms with Crippen molar-refractivity contribution in [2.45, 2.75) is 18.8 Å². The molecule has 0 radical (unpaired) electrons. The number of carbonyl (C=O) groups excluding carboxylic acids is 1. The molecule has 1 amide bonds. The summed E-state index contributed by atoms with van der Waals surface area (Å²) >= 11 is 0. The van der Waals surface area contributed by atoms with Gasteiger partial charge in [-0.05, 0) is 31.2 Å². The molecular weight excluding hydrogens is 313 g/mol. The Bertz CT molecular complexity index is 785. The Morgan fingerprint density at radius 3 is 2.96 bits per heavy atom. The summed E-state index contributed by atoms with van der Waals surface area (Å²) in [6, 6.07) is 5.65. The lowest BCUT2D eigenvalue weighted by Crippen LogP contribution is -2.26. The third-order valence-electron chi connectivity index (χ3n) is 4.25. The minimum Gasteiger partial charge on any atom is -0.399 e. The van der Waals surface area contributed by atoms with Crippen LogP contribution in [0.2, 0.25) is 0 Å². The van der Waals surface area contributed by atoms with Gasteiger partial charge in [-0.1, -0.05) is 0 Å². The Balaban J connectivity index is 1.48. The molecule has 8 heteroatoms. The molecule has 0 spiro atoms. The van der Waals surface area contributed by atoms with E-state index >= 15 is 0 Å². The molecule has 7 nitrogen and oxygen atoms in total. The number of nitrogens with two attached hydrogens (primary N) is 1. The number of anilines is 2. The topological polar surface area (TPSA) is 107 Å². The Hall–Kier alpha value is -2.61. The highest BCUT2D eigenvalue weighted by Gasteiger charge is 2.25. The molecule has 2 heterocycles. The Labute approximate surface area is 138 Å². The number of benzene rings is 1. The van der Waals surface area contributed by atoms with Crippen molar-refractivity contribution in [1.82, 2.24) is 15.1 Å². The van der Waals surface area contributed by atoms with Crippen molar-refractivity contribution >= 4 is 17.3 Å². The van der Waals surface area contributed by atoms with Crippen molar-refractivity contribution < 1.29 is 9.18 Å². The highest BCUT2D eigenvalue weighted by Crippen LogP contribution is 2.25. The summed E-state index contributed by atoms with van der Waals surface area (Å²) in [6.45, 7) is 2.23. The van der Waals surface area contributed by atoms with Gasteiger partial charge in [0.1, 0.15) is 5.82 Å². The molecule has 5 N–H and O–H groups in total. The molecule has 1 unspecified atom stereocenters. The summed E-state index contributed by atoms with van der Waals surface area (Å²) in [7, 11) is 0. The number of aromatic amines is 2. The molecule has 0 saturated carbocycles. The maximum Gasteiger partial charge on any atom is 0.264 e. The average molecular weight is 333 g/mol. The second-order valence-corrected chi connectivity index (χ2v) is 6.04. The van der Waals surface area contributed by atoms with E-state index in [0.29, 0.717) is 12.2 Å². The Morgan fingerprint density at radius 2 is 2.21 bits per heavy atom. The molecule has 0 aliphatic carbocycles. The van der Waals surface area contributed by atoms with Gasteiger partial charge in [0.25, 0.3) is 5.56 Å². The monoisotopic (exact) mass is 333 g/mol. The largest absolute Gasteiger partial charge is 0.399 e. The zero-order valence-electron chi connectivity index (χ0n) is 13.1. The molecule has 3 rings (SSSR count). The lowest BCUT2D eigenvalue weighted by molar-refractivity contribution is -0.116. The molecule has 1 saturated heterocycles. The van der Waals surface area contributed by atoms with Crippen LogP contribution in [0.5, 0.6) is 0 Å². The summed E-state index contributed by atoms with van der Waals surface area (Å²) in [4.78, 5) is 25.3. The number of nitrogens with zero attached hydrogens (tertiary/aromatic N) is 1. The summed E-state index contributed by atoms with van der Waals surface area (Å²) in [5, 5.41) is 7.97. The van der Waals surface area contributed by atoms with E-state index in [9.17, 15) is 14.0 Å². The lowest BCUT2D eigenvalue weighted by Gasteiger charge is -2.15. The number of carbonyl (C=O) groups is 1. The molecule has 1 aromatic carbocycles. The molecule has 24 heavy (non-hydrogen) atoms. The number of aromatic nitrogens is 2. The number of likely N-dealkylation sites (tertiary alicyclic amines) is 1. The first-order chi connectivity index (χ1) is 11.5. The predicted octanol–water partition coefficient (Wildman–Crippen LogP) is 1.24. The van der Waals surface area contributed by atoms with E-state index in [1.165, 1.54) is 18.2 Å². The standard InChI is InChI=1S/C16H20FN5O2/c17-12-2-1-11(18)7-14(12)19-15(23)4-6-22-5-3-10(9-22)13-8-16(24)21-20-13/h1-2,7-8,10H,3-6,9,18H2,(H,19,23)(H2,20,21,24). The van der Waals surface area contributed by atoms with E-state index in [1.807, 2.05) is 0 Å². The number of hydrogen-bond donors (Lipinski definition) is 4. The van der Waals surface area contributed by atoms with Gasteiger partial charge in [0.2, 0.25) is 5.91 Å². The number of nitrogens with one attached hydrogen (secondary N) is 3. The molecule has 1 fully saturated rings. The van der Waals surface area contributed by atoms with Crippen molar-refractivity contribution in [3.63, 3.8) is 0 Å². The van der Waals surface area contributed by atoms with Crippen LogP contribution >= 0.6 is 0 Å². The number of rotatable bonds is 5. The third-order valence-corrected chi connectivity index (χ3v) is 4.25. The molecule has 1 aliphatic heterocycles. The normalized spacial score (nSPS) is 18.0. The zero-order chi connectivity index (χ0) is 17.1. The van der Waals surface area contributed by atoms with Gasteiger partial charge in [-0.3, -0.25) is 14.7 Å². The Kier molecular flexibility index (Phi) is 4.66.